The Bertz CT molecular complexity index is 699. The number of hydrogen-bond acceptors (Lipinski definition) is 4. The molecule has 0 unspecified atom stereocenters. The molecule has 20 heavy (non-hydrogen) atoms. The van der Waals surface area contributed by atoms with E-state index in [4.69, 9.17) is 23.2 Å². The highest BCUT2D eigenvalue weighted by atomic mass is 35.5. The Morgan fingerprint density at radius 2 is 2.15 bits per heavy atom. The largest absolute Gasteiger partial charge is 0.305 e. The highest BCUT2D eigenvalue weighted by Crippen LogP contribution is 2.31. The van der Waals surface area contributed by atoms with E-state index < -0.39 is 10.8 Å². The van der Waals surface area contributed by atoms with E-state index in [0.29, 0.717) is 5.82 Å². The van der Waals surface area contributed by atoms with Gasteiger partial charge in [-0.15, -0.1) is 0 Å². The minimum absolute atomic E-state index is 0.0503. The summed E-state index contributed by atoms with van der Waals surface area (Å²) in [6, 6.07) is 3.72. The quantitative estimate of drug-likeness (QED) is 0.696. The number of benzene rings is 1. The Balaban J connectivity index is 2.36. The van der Waals surface area contributed by atoms with Crippen molar-refractivity contribution in [2.75, 3.05) is 5.32 Å². The fraction of sp³-hybridized carbons (Fsp3) is 0.0909. The summed E-state index contributed by atoms with van der Waals surface area (Å²) in [6.07, 6.45) is 1.64. The van der Waals surface area contributed by atoms with Gasteiger partial charge in [0.25, 0.3) is 11.6 Å². The zero-order valence-electron chi connectivity index (χ0n) is 10.1. The summed E-state index contributed by atoms with van der Waals surface area (Å²) < 4.78 is 1.50. The van der Waals surface area contributed by atoms with Crippen molar-refractivity contribution in [3.05, 3.63) is 50.1 Å². The van der Waals surface area contributed by atoms with Crippen LogP contribution >= 0.6 is 23.2 Å². The van der Waals surface area contributed by atoms with E-state index in [9.17, 15) is 14.9 Å². The zero-order valence-corrected chi connectivity index (χ0v) is 11.6. The minimum Gasteiger partial charge on any atom is -0.305 e. The van der Waals surface area contributed by atoms with E-state index in [1.807, 2.05) is 0 Å². The molecule has 9 heteroatoms. The average molecular weight is 315 g/mol. The van der Waals surface area contributed by atoms with E-state index in [0.717, 1.165) is 12.1 Å². The summed E-state index contributed by atoms with van der Waals surface area (Å²) in [5.74, 6) is -0.324. The lowest BCUT2D eigenvalue weighted by Crippen LogP contribution is -2.13. The van der Waals surface area contributed by atoms with Crippen molar-refractivity contribution in [1.29, 1.82) is 0 Å². The van der Waals surface area contributed by atoms with Gasteiger partial charge in [0.2, 0.25) is 0 Å². The number of nitro groups is 1. The van der Waals surface area contributed by atoms with E-state index in [1.54, 1.807) is 19.3 Å². The van der Waals surface area contributed by atoms with E-state index in [2.05, 4.69) is 10.4 Å². The molecule has 0 aliphatic carbocycles. The van der Waals surface area contributed by atoms with Gasteiger partial charge in [0.15, 0.2) is 5.82 Å². The summed E-state index contributed by atoms with van der Waals surface area (Å²) in [5.41, 5.74) is -0.401. The first-order chi connectivity index (χ1) is 9.38. The third-order valence-corrected chi connectivity index (χ3v) is 3.23. The Morgan fingerprint density at radius 3 is 2.70 bits per heavy atom. The molecule has 7 nitrogen and oxygen atoms in total. The average Bonchev–Trinajstić information content (AvgIpc) is 2.77. The third kappa shape index (κ3) is 2.89. The van der Waals surface area contributed by atoms with Gasteiger partial charge in [0.1, 0.15) is 0 Å². The van der Waals surface area contributed by atoms with Gasteiger partial charge < -0.3 is 5.32 Å². The molecule has 0 atom stereocenters. The number of carbonyl (C=O) groups is 1. The van der Waals surface area contributed by atoms with Crippen LogP contribution in [0.15, 0.2) is 24.4 Å². The fourth-order valence-electron chi connectivity index (χ4n) is 1.51. The molecule has 104 valence electrons. The van der Waals surface area contributed by atoms with Crippen molar-refractivity contribution in [2.24, 2.45) is 7.05 Å². The summed E-state index contributed by atoms with van der Waals surface area (Å²) in [7, 11) is 1.69. The van der Waals surface area contributed by atoms with Crippen LogP contribution in [0.2, 0.25) is 10.0 Å². The molecule has 1 aromatic carbocycles. The molecule has 0 aliphatic heterocycles. The third-order valence-electron chi connectivity index (χ3n) is 2.42. The molecule has 1 N–H and O–H groups in total. The topological polar surface area (TPSA) is 90.1 Å². The second-order valence-corrected chi connectivity index (χ2v) is 4.66. The molecule has 0 bridgehead atoms. The number of hydrogen-bond donors (Lipinski definition) is 1. The number of nitrogens with zero attached hydrogens (tertiary/aromatic N) is 3. The van der Waals surface area contributed by atoms with Gasteiger partial charge in [-0.3, -0.25) is 19.6 Å². The van der Waals surface area contributed by atoms with Crippen LogP contribution < -0.4 is 5.32 Å². The van der Waals surface area contributed by atoms with Gasteiger partial charge in [-0.2, -0.15) is 5.10 Å². The standard InChI is InChI=1S/C11H8Cl2N4O3/c1-16-3-2-9(15-16)14-11(18)7-4-6(17(19)20)5-8(12)10(7)13/h2-5H,1H3,(H,14,15,18). The van der Waals surface area contributed by atoms with E-state index in [-0.39, 0.29) is 21.3 Å². The summed E-state index contributed by atoms with van der Waals surface area (Å²) in [5, 5.41) is 17.1. The molecular weight excluding hydrogens is 307 g/mol. The molecule has 0 saturated heterocycles. The molecule has 2 aromatic rings. The first-order valence-corrected chi connectivity index (χ1v) is 6.08. The lowest BCUT2D eigenvalue weighted by Gasteiger charge is -2.06. The van der Waals surface area contributed by atoms with Crippen LogP contribution in [0.4, 0.5) is 11.5 Å². The molecule has 1 heterocycles. The van der Waals surface area contributed by atoms with E-state index in [1.165, 1.54) is 4.68 Å². The second kappa shape index (κ2) is 5.48. The molecule has 0 saturated carbocycles. The number of anilines is 1. The highest BCUT2D eigenvalue weighted by Gasteiger charge is 2.20. The van der Waals surface area contributed by atoms with Gasteiger partial charge in [0, 0.05) is 31.4 Å². The van der Waals surface area contributed by atoms with Crippen molar-refractivity contribution in [3.8, 4) is 0 Å². The summed E-state index contributed by atoms with van der Waals surface area (Å²) in [6.45, 7) is 0. The van der Waals surface area contributed by atoms with E-state index >= 15 is 0 Å². The minimum atomic E-state index is -0.653. The molecule has 0 fully saturated rings. The number of carbonyl (C=O) groups excluding carboxylic acids is 1. The Morgan fingerprint density at radius 1 is 1.45 bits per heavy atom. The molecule has 1 aromatic heterocycles. The zero-order chi connectivity index (χ0) is 14.9. The van der Waals surface area contributed by atoms with Crippen molar-refractivity contribution in [1.82, 2.24) is 9.78 Å². The maximum atomic E-state index is 12.0. The monoisotopic (exact) mass is 314 g/mol. The number of non-ortho nitro benzene ring substituents is 1. The number of nitrogens with one attached hydrogen (secondary N) is 1. The first kappa shape index (κ1) is 14.3. The van der Waals surface area contributed by atoms with Crippen LogP contribution in [-0.2, 0) is 7.05 Å². The van der Waals surface area contributed by atoms with Crippen LogP contribution in [-0.4, -0.2) is 20.6 Å². The van der Waals surface area contributed by atoms with Gasteiger partial charge >= 0.3 is 0 Å². The number of nitro benzene ring substituents is 1. The Hall–Kier alpha value is -2.12. The van der Waals surface area contributed by atoms with Crippen molar-refractivity contribution < 1.29 is 9.72 Å². The predicted octanol–water partition coefficient (Wildman–Crippen LogP) is 2.89. The van der Waals surface area contributed by atoms with Crippen molar-refractivity contribution >= 4 is 40.6 Å². The molecule has 1 amide bonds. The normalized spacial score (nSPS) is 10.3. The number of halogens is 2. The van der Waals surface area contributed by atoms with Gasteiger partial charge in [-0.05, 0) is 0 Å². The number of aryl methyl sites for hydroxylation is 1. The Kier molecular flexibility index (Phi) is 3.91. The molecule has 2 rings (SSSR count). The lowest BCUT2D eigenvalue weighted by molar-refractivity contribution is -0.384. The van der Waals surface area contributed by atoms with Gasteiger partial charge in [-0.25, -0.2) is 0 Å². The van der Waals surface area contributed by atoms with Crippen LogP contribution in [0.5, 0.6) is 0 Å². The smallest absolute Gasteiger partial charge is 0.271 e. The van der Waals surface area contributed by atoms with Gasteiger partial charge in [0.05, 0.1) is 20.5 Å². The highest BCUT2D eigenvalue weighted by molar-refractivity contribution is 6.44. The molecule has 0 radical (unpaired) electrons. The Labute approximate surface area is 123 Å². The maximum Gasteiger partial charge on any atom is 0.271 e. The van der Waals surface area contributed by atoms with Crippen molar-refractivity contribution in [3.63, 3.8) is 0 Å². The van der Waals surface area contributed by atoms with Crippen LogP contribution in [0.25, 0.3) is 0 Å². The van der Waals surface area contributed by atoms with Crippen molar-refractivity contribution in [2.45, 2.75) is 0 Å². The number of aromatic nitrogens is 2. The number of amides is 1. The summed E-state index contributed by atoms with van der Waals surface area (Å²) >= 11 is 11.7. The first-order valence-electron chi connectivity index (χ1n) is 5.33. The molecular formula is C11H8Cl2N4O3. The molecule has 0 aliphatic rings. The lowest BCUT2D eigenvalue weighted by atomic mass is 10.2. The fourth-order valence-corrected chi connectivity index (χ4v) is 1.92. The second-order valence-electron chi connectivity index (χ2n) is 3.88. The van der Waals surface area contributed by atoms with Crippen LogP contribution in [0, 0.1) is 10.1 Å². The van der Waals surface area contributed by atoms with Crippen LogP contribution in [0.3, 0.4) is 0 Å². The maximum absolute atomic E-state index is 12.0. The SMILES string of the molecule is Cn1ccc(NC(=O)c2cc([N+](=O)[O-])cc(Cl)c2Cl)n1. The molecule has 0 spiro atoms. The predicted molar refractivity (Wildman–Crippen MR) is 74.3 cm³/mol. The van der Waals surface area contributed by atoms with Crippen LogP contribution in [0.1, 0.15) is 10.4 Å². The number of rotatable bonds is 3. The van der Waals surface area contributed by atoms with Gasteiger partial charge in [-0.1, -0.05) is 23.2 Å². The summed E-state index contributed by atoms with van der Waals surface area (Å²) in [4.78, 5) is 22.1.